The Hall–Kier alpha value is -2.74. The number of anilines is 1. The molecule has 7 nitrogen and oxygen atoms in total. The van der Waals surface area contributed by atoms with Crippen LogP contribution >= 0.6 is 0 Å². The number of ether oxygens (including phenoxy) is 1. The normalized spacial score (nSPS) is 21.2. The summed E-state index contributed by atoms with van der Waals surface area (Å²) < 4.78 is 32.2. The van der Waals surface area contributed by atoms with Crippen LogP contribution in [-0.4, -0.2) is 32.6 Å². The number of carbonyl (C=O) groups is 1. The van der Waals surface area contributed by atoms with E-state index in [4.69, 9.17) is 4.74 Å². The van der Waals surface area contributed by atoms with Crippen LogP contribution in [0.3, 0.4) is 0 Å². The Morgan fingerprint density at radius 3 is 2.71 bits per heavy atom. The lowest BCUT2D eigenvalue weighted by Crippen LogP contribution is -2.29. The lowest BCUT2D eigenvalue weighted by molar-refractivity contribution is -0.117. The zero-order chi connectivity index (χ0) is 16.9. The predicted octanol–water partition coefficient (Wildman–Crippen LogP) is 1.10. The molecule has 24 heavy (non-hydrogen) atoms. The second-order valence-corrected chi connectivity index (χ2v) is 7.28. The fourth-order valence-corrected chi connectivity index (χ4v) is 4.23. The molecule has 4 rings (SSSR count). The van der Waals surface area contributed by atoms with Crippen LogP contribution in [0.2, 0.25) is 0 Å². The van der Waals surface area contributed by atoms with Crippen molar-refractivity contribution in [3.8, 4) is 11.5 Å². The molecule has 0 aliphatic carbocycles. The first-order valence-corrected chi connectivity index (χ1v) is 8.77. The third-order valence-electron chi connectivity index (χ3n) is 4.19. The molecule has 124 valence electrons. The van der Waals surface area contributed by atoms with E-state index in [1.807, 2.05) is 29.0 Å². The fraction of sp³-hybridized carbons (Fsp3) is 0.188. The van der Waals surface area contributed by atoms with Crippen molar-refractivity contribution < 1.29 is 23.1 Å². The Morgan fingerprint density at radius 1 is 1.21 bits per heavy atom. The highest BCUT2D eigenvalue weighted by atomic mass is 32.2. The first kappa shape index (κ1) is 14.8. The lowest BCUT2D eigenvalue weighted by atomic mass is 9.93. The molecular formula is C16H14N2O5S. The van der Waals surface area contributed by atoms with Gasteiger partial charge in [-0.2, -0.15) is 8.42 Å². The van der Waals surface area contributed by atoms with Crippen molar-refractivity contribution in [3.05, 3.63) is 53.6 Å². The Labute approximate surface area is 138 Å². The smallest absolute Gasteiger partial charge is 0.326 e. The van der Waals surface area contributed by atoms with Gasteiger partial charge in [0, 0.05) is 11.5 Å². The maximum atomic E-state index is 11.9. The first-order chi connectivity index (χ1) is 11.5. The maximum absolute atomic E-state index is 11.9. The molecule has 0 bridgehead atoms. The van der Waals surface area contributed by atoms with E-state index in [9.17, 15) is 18.3 Å². The van der Waals surface area contributed by atoms with E-state index in [0.717, 1.165) is 21.2 Å². The number of para-hydroxylation sites is 1. The van der Waals surface area contributed by atoms with E-state index in [0.29, 0.717) is 6.61 Å². The van der Waals surface area contributed by atoms with Crippen molar-refractivity contribution >= 4 is 21.8 Å². The molecule has 0 spiro atoms. The van der Waals surface area contributed by atoms with Gasteiger partial charge in [0.25, 0.3) is 5.91 Å². The molecule has 2 heterocycles. The van der Waals surface area contributed by atoms with Gasteiger partial charge in [-0.15, -0.1) is 0 Å². The van der Waals surface area contributed by atoms with E-state index < -0.39 is 16.1 Å². The van der Waals surface area contributed by atoms with Crippen LogP contribution in [0.25, 0.3) is 0 Å². The number of carbonyl (C=O) groups excluding carboxylic acids is 1. The molecule has 0 radical (unpaired) electrons. The molecule has 2 aliphatic rings. The number of hydrogen-bond donors (Lipinski definition) is 2. The van der Waals surface area contributed by atoms with Crippen LogP contribution in [0.1, 0.15) is 17.0 Å². The molecule has 8 heteroatoms. The molecule has 2 N–H and O–H groups in total. The summed E-state index contributed by atoms with van der Waals surface area (Å²) in [5, 5.41) is 10.3. The zero-order valence-electron chi connectivity index (χ0n) is 12.5. The number of nitrogens with zero attached hydrogens (tertiary/aromatic N) is 1. The average Bonchev–Trinajstić information content (AvgIpc) is 3.07. The number of aromatic hydroxyl groups is 1. The number of phenolic OH excluding ortho intramolecular Hbond substituents is 1. The van der Waals surface area contributed by atoms with Gasteiger partial charge in [-0.25, -0.2) is 9.03 Å². The monoisotopic (exact) mass is 346 g/mol. The quantitative estimate of drug-likeness (QED) is 0.849. The van der Waals surface area contributed by atoms with Crippen molar-refractivity contribution in [2.24, 2.45) is 0 Å². The molecule has 0 saturated carbocycles. The van der Waals surface area contributed by atoms with Gasteiger partial charge in [0.15, 0.2) is 0 Å². The van der Waals surface area contributed by atoms with Gasteiger partial charge in [-0.3, -0.25) is 4.79 Å². The van der Waals surface area contributed by atoms with Gasteiger partial charge in [0.1, 0.15) is 18.0 Å². The number of hydrogen-bond acceptors (Lipinski definition) is 5. The second kappa shape index (κ2) is 5.13. The summed E-state index contributed by atoms with van der Waals surface area (Å²) in [4.78, 5) is 11.3. The van der Waals surface area contributed by atoms with E-state index >= 15 is 0 Å². The van der Waals surface area contributed by atoms with E-state index in [1.165, 1.54) is 12.1 Å². The SMILES string of the molecule is O=C1CN(c2ccc(C3COc4ccccc43)cc2O)S(=O)(=O)N1. The van der Waals surface area contributed by atoms with Crippen molar-refractivity contribution in [2.45, 2.75) is 5.92 Å². The van der Waals surface area contributed by atoms with E-state index in [-0.39, 0.29) is 23.9 Å². The molecule has 1 atom stereocenters. The van der Waals surface area contributed by atoms with Crippen LogP contribution in [0.4, 0.5) is 5.69 Å². The molecule has 1 amide bonds. The van der Waals surface area contributed by atoms with Crippen molar-refractivity contribution in [2.75, 3.05) is 17.5 Å². The molecular weight excluding hydrogens is 332 g/mol. The van der Waals surface area contributed by atoms with Crippen molar-refractivity contribution in [1.82, 2.24) is 4.72 Å². The highest BCUT2D eigenvalue weighted by molar-refractivity contribution is 7.92. The average molecular weight is 346 g/mol. The predicted molar refractivity (Wildman–Crippen MR) is 86.3 cm³/mol. The standard InChI is InChI=1S/C16H14N2O5S/c19-14-7-10(12-9-23-15-4-2-1-3-11(12)15)5-6-13(14)18-8-16(20)17-24(18,21)22/h1-7,12,19H,8-9H2,(H,17,20). The molecule has 0 aromatic heterocycles. The molecule has 1 unspecified atom stereocenters. The number of nitrogens with one attached hydrogen (secondary N) is 1. The number of benzene rings is 2. The lowest BCUT2D eigenvalue weighted by Gasteiger charge is -2.18. The van der Waals surface area contributed by atoms with Crippen LogP contribution < -0.4 is 13.8 Å². The topological polar surface area (TPSA) is 95.9 Å². The highest BCUT2D eigenvalue weighted by Crippen LogP contribution is 2.40. The minimum Gasteiger partial charge on any atom is -0.506 e. The maximum Gasteiger partial charge on any atom is 0.326 e. The van der Waals surface area contributed by atoms with E-state index in [2.05, 4.69) is 0 Å². The Balaban J connectivity index is 1.70. The fourth-order valence-electron chi connectivity index (χ4n) is 3.07. The van der Waals surface area contributed by atoms with Crippen LogP contribution in [0.15, 0.2) is 42.5 Å². The highest BCUT2D eigenvalue weighted by Gasteiger charge is 2.36. The van der Waals surface area contributed by atoms with Crippen LogP contribution in [0.5, 0.6) is 11.5 Å². The van der Waals surface area contributed by atoms with E-state index in [1.54, 1.807) is 6.07 Å². The number of fused-ring (bicyclic) bond motifs is 1. The number of rotatable bonds is 2. The van der Waals surface area contributed by atoms with Gasteiger partial charge in [-0.1, -0.05) is 24.3 Å². The summed E-state index contributed by atoms with van der Waals surface area (Å²) in [5.41, 5.74) is 1.91. The van der Waals surface area contributed by atoms with Gasteiger partial charge < -0.3 is 9.84 Å². The second-order valence-electron chi connectivity index (χ2n) is 5.69. The van der Waals surface area contributed by atoms with Gasteiger partial charge in [-0.05, 0) is 23.8 Å². The summed E-state index contributed by atoms with van der Waals surface area (Å²) in [7, 11) is -3.94. The molecule has 1 saturated heterocycles. The molecule has 2 aromatic carbocycles. The van der Waals surface area contributed by atoms with Crippen LogP contribution in [0, 0.1) is 0 Å². The number of phenols is 1. The number of amides is 1. The first-order valence-electron chi connectivity index (χ1n) is 7.33. The minimum atomic E-state index is -3.94. The third-order valence-corrected chi connectivity index (χ3v) is 5.58. The summed E-state index contributed by atoms with van der Waals surface area (Å²) in [6.07, 6.45) is 0. The Morgan fingerprint density at radius 2 is 2.00 bits per heavy atom. The summed E-state index contributed by atoms with van der Waals surface area (Å²) in [5.74, 6) is -0.0485. The van der Waals surface area contributed by atoms with Gasteiger partial charge in [0.05, 0.1) is 12.3 Å². The third kappa shape index (κ3) is 2.26. The summed E-state index contributed by atoms with van der Waals surface area (Å²) >= 11 is 0. The summed E-state index contributed by atoms with van der Waals surface area (Å²) in [6, 6.07) is 12.4. The van der Waals surface area contributed by atoms with Gasteiger partial charge in [0.2, 0.25) is 0 Å². The zero-order valence-corrected chi connectivity index (χ0v) is 13.3. The Bertz CT molecular complexity index is 941. The Kier molecular flexibility index (Phi) is 3.17. The molecule has 1 fully saturated rings. The van der Waals surface area contributed by atoms with Crippen molar-refractivity contribution in [3.63, 3.8) is 0 Å². The largest absolute Gasteiger partial charge is 0.506 e. The summed E-state index contributed by atoms with van der Waals surface area (Å²) in [6.45, 7) is 0.116. The molecule has 2 aliphatic heterocycles. The van der Waals surface area contributed by atoms with Crippen molar-refractivity contribution in [1.29, 1.82) is 0 Å². The minimum absolute atomic E-state index is 0.0314. The molecule has 2 aromatic rings. The van der Waals surface area contributed by atoms with Gasteiger partial charge >= 0.3 is 10.2 Å². The van der Waals surface area contributed by atoms with Crippen LogP contribution in [-0.2, 0) is 15.0 Å².